The molecule has 1 aromatic heterocycles. The van der Waals surface area contributed by atoms with Crippen LogP contribution in [0.5, 0.6) is 5.88 Å². The van der Waals surface area contributed by atoms with Crippen molar-refractivity contribution in [3.05, 3.63) is 11.9 Å². The van der Waals surface area contributed by atoms with E-state index < -0.39 is 0 Å². The van der Waals surface area contributed by atoms with Gasteiger partial charge < -0.3 is 15.4 Å². The van der Waals surface area contributed by atoms with E-state index in [4.69, 9.17) is 4.74 Å². The molecule has 0 saturated heterocycles. The lowest BCUT2D eigenvalue weighted by atomic mass is 10.5. The van der Waals surface area contributed by atoms with Crippen molar-refractivity contribution in [1.29, 1.82) is 0 Å². The Labute approximate surface area is 87.8 Å². The Morgan fingerprint density at radius 1 is 1.47 bits per heavy atom. The molecule has 1 aromatic rings. The molecular weight excluding hydrogens is 194 g/mol. The highest BCUT2D eigenvalue weighted by molar-refractivity contribution is 5.93. The van der Waals surface area contributed by atoms with Gasteiger partial charge in [-0.3, -0.25) is 4.99 Å². The van der Waals surface area contributed by atoms with Crippen molar-refractivity contribution in [3.8, 4) is 5.88 Å². The predicted octanol–water partition coefficient (Wildman–Crippen LogP) is 0.165. The van der Waals surface area contributed by atoms with Gasteiger partial charge in [0.2, 0.25) is 5.88 Å². The molecule has 0 unspecified atom stereocenters. The van der Waals surface area contributed by atoms with Crippen molar-refractivity contribution >= 4 is 11.8 Å². The van der Waals surface area contributed by atoms with E-state index in [9.17, 15) is 0 Å². The Morgan fingerprint density at radius 3 is 3.00 bits per heavy atom. The molecule has 6 heteroatoms. The topological polar surface area (TPSA) is 71.4 Å². The minimum Gasteiger partial charge on any atom is -0.481 e. The van der Waals surface area contributed by atoms with E-state index in [-0.39, 0.29) is 0 Å². The monoisotopic (exact) mass is 207 g/mol. The molecule has 2 rings (SSSR count). The molecule has 0 radical (unpaired) electrons. The summed E-state index contributed by atoms with van der Waals surface area (Å²) >= 11 is 0. The summed E-state index contributed by atoms with van der Waals surface area (Å²) in [6, 6.07) is 1.73. The SMILES string of the molecule is COc1cc(NC2=NCCN2)nc(C)n1. The molecule has 6 nitrogen and oxygen atoms in total. The fraction of sp³-hybridized carbons (Fsp3) is 0.444. The molecule has 0 saturated carbocycles. The maximum atomic E-state index is 5.05. The maximum Gasteiger partial charge on any atom is 0.218 e. The average Bonchev–Trinajstić information content (AvgIpc) is 2.69. The zero-order chi connectivity index (χ0) is 10.7. The van der Waals surface area contributed by atoms with E-state index >= 15 is 0 Å². The fourth-order valence-electron chi connectivity index (χ4n) is 1.31. The summed E-state index contributed by atoms with van der Waals surface area (Å²) in [7, 11) is 1.58. The molecule has 15 heavy (non-hydrogen) atoms. The van der Waals surface area contributed by atoms with Gasteiger partial charge in [-0.25, -0.2) is 4.98 Å². The van der Waals surface area contributed by atoms with Crippen LogP contribution in [0.4, 0.5) is 5.82 Å². The normalized spacial score (nSPS) is 14.4. The van der Waals surface area contributed by atoms with Gasteiger partial charge in [0.25, 0.3) is 0 Å². The molecule has 2 N–H and O–H groups in total. The number of hydrogen-bond acceptors (Lipinski definition) is 6. The van der Waals surface area contributed by atoms with Crippen LogP contribution in [0.3, 0.4) is 0 Å². The third-order valence-electron chi connectivity index (χ3n) is 1.94. The lowest BCUT2D eigenvalue weighted by Crippen LogP contribution is -2.26. The Kier molecular flexibility index (Phi) is 2.66. The molecular formula is C9H13N5O. The summed E-state index contributed by atoms with van der Waals surface area (Å²) in [4.78, 5) is 12.5. The number of methoxy groups -OCH3 is 1. The predicted molar refractivity (Wildman–Crippen MR) is 57.2 cm³/mol. The van der Waals surface area contributed by atoms with E-state index in [1.165, 1.54) is 0 Å². The molecule has 2 heterocycles. The minimum absolute atomic E-state index is 0.545. The number of nitrogens with zero attached hydrogens (tertiary/aromatic N) is 3. The zero-order valence-electron chi connectivity index (χ0n) is 8.74. The second-order valence-corrected chi connectivity index (χ2v) is 3.12. The molecule has 0 amide bonds. The van der Waals surface area contributed by atoms with Gasteiger partial charge in [-0.05, 0) is 6.92 Å². The zero-order valence-corrected chi connectivity index (χ0v) is 8.74. The second-order valence-electron chi connectivity index (χ2n) is 3.12. The van der Waals surface area contributed by atoms with E-state index in [1.807, 2.05) is 6.92 Å². The highest BCUT2D eigenvalue weighted by Gasteiger charge is 2.07. The van der Waals surface area contributed by atoms with Gasteiger partial charge >= 0.3 is 0 Å². The number of rotatable bonds is 2. The summed E-state index contributed by atoms with van der Waals surface area (Å²) in [5.41, 5.74) is 0. The van der Waals surface area contributed by atoms with Crippen LogP contribution in [0.2, 0.25) is 0 Å². The average molecular weight is 207 g/mol. The number of aromatic nitrogens is 2. The first-order valence-corrected chi connectivity index (χ1v) is 4.73. The third-order valence-corrected chi connectivity index (χ3v) is 1.94. The fourth-order valence-corrected chi connectivity index (χ4v) is 1.31. The van der Waals surface area contributed by atoms with Crippen LogP contribution in [-0.2, 0) is 0 Å². The molecule has 0 fully saturated rings. The molecule has 1 aliphatic rings. The van der Waals surface area contributed by atoms with Crippen molar-refractivity contribution in [1.82, 2.24) is 15.3 Å². The van der Waals surface area contributed by atoms with Gasteiger partial charge in [0.05, 0.1) is 13.7 Å². The summed E-state index contributed by atoms with van der Waals surface area (Å²) in [6.07, 6.45) is 0. The number of nitrogens with one attached hydrogen (secondary N) is 2. The number of ether oxygens (including phenoxy) is 1. The summed E-state index contributed by atoms with van der Waals surface area (Å²) in [6.45, 7) is 3.48. The number of hydrogen-bond donors (Lipinski definition) is 2. The van der Waals surface area contributed by atoms with Crippen LogP contribution >= 0.6 is 0 Å². The van der Waals surface area contributed by atoms with Crippen molar-refractivity contribution in [2.45, 2.75) is 6.92 Å². The highest BCUT2D eigenvalue weighted by atomic mass is 16.5. The molecule has 1 aliphatic heterocycles. The summed E-state index contributed by atoms with van der Waals surface area (Å²) < 4.78 is 5.05. The van der Waals surface area contributed by atoms with Gasteiger partial charge in [0.1, 0.15) is 11.6 Å². The molecule has 80 valence electrons. The first kappa shape index (κ1) is 9.70. The second kappa shape index (κ2) is 4.12. The van der Waals surface area contributed by atoms with Crippen LogP contribution < -0.4 is 15.4 Å². The standard InChI is InChI=1S/C9H13N5O/c1-6-12-7(5-8(13-6)15-2)14-9-10-3-4-11-9/h5H,3-4H2,1-2H3,(H2,10,11,12,13,14). The first-order chi connectivity index (χ1) is 7.28. The number of guanidine groups is 1. The molecule has 0 aliphatic carbocycles. The van der Waals surface area contributed by atoms with Crippen LogP contribution in [0.15, 0.2) is 11.1 Å². The van der Waals surface area contributed by atoms with E-state index in [1.54, 1.807) is 13.2 Å². The third kappa shape index (κ3) is 2.34. The van der Waals surface area contributed by atoms with Crippen molar-refractivity contribution in [3.63, 3.8) is 0 Å². The molecule has 0 bridgehead atoms. The van der Waals surface area contributed by atoms with Crippen LogP contribution in [0, 0.1) is 6.92 Å². The van der Waals surface area contributed by atoms with E-state index in [0.717, 1.165) is 19.0 Å². The maximum absolute atomic E-state index is 5.05. The minimum atomic E-state index is 0.545. The summed E-state index contributed by atoms with van der Waals surface area (Å²) in [5, 5.41) is 6.16. The van der Waals surface area contributed by atoms with Gasteiger partial charge in [0.15, 0.2) is 5.96 Å². The molecule has 0 aromatic carbocycles. The smallest absolute Gasteiger partial charge is 0.218 e. The van der Waals surface area contributed by atoms with Crippen molar-refractivity contribution < 1.29 is 4.74 Å². The lowest BCUT2D eigenvalue weighted by Gasteiger charge is -2.07. The largest absolute Gasteiger partial charge is 0.481 e. The Bertz CT molecular complexity index is 390. The lowest BCUT2D eigenvalue weighted by molar-refractivity contribution is 0.396. The van der Waals surface area contributed by atoms with E-state index in [0.29, 0.717) is 17.5 Å². The van der Waals surface area contributed by atoms with Crippen LogP contribution in [-0.4, -0.2) is 36.1 Å². The van der Waals surface area contributed by atoms with Gasteiger partial charge in [-0.1, -0.05) is 0 Å². The Balaban J connectivity index is 2.16. The van der Waals surface area contributed by atoms with Crippen LogP contribution in [0.25, 0.3) is 0 Å². The number of aryl methyl sites for hydroxylation is 1. The van der Waals surface area contributed by atoms with Gasteiger partial charge in [-0.2, -0.15) is 4.98 Å². The Hall–Kier alpha value is -1.85. The number of anilines is 1. The van der Waals surface area contributed by atoms with E-state index in [2.05, 4.69) is 25.6 Å². The summed E-state index contributed by atoms with van der Waals surface area (Å²) in [5.74, 6) is 2.64. The quantitative estimate of drug-likeness (QED) is 0.723. The molecule has 0 atom stereocenters. The first-order valence-electron chi connectivity index (χ1n) is 4.73. The number of aliphatic imine (C=N–C) groups is 1. The van der Waals surface area contributed by atoms with Crippen molar-refractivity contribution in [2.24, 2.45) is 4.99 Å². The molecule has 0 spiro atoms. The van der Waals surface area contributed by atoms with Crippen LogP contribution in [0.1, 0.15) is 5.82 Å². The van der Waals surface area contributed by atoms with Gasteiger partial charge in [-0.15, -0.1) is 0 Å². The highest BCUT2D eigenvalue weighted by Crippen LogP contribution is 2.12. The Morgan fingerprint density at radius 2 is 2.33 bits per heavy atom. The van der Waals surface area contributed by atoms with Gasteiger partial charge in [0, 0.05) is 12.6 Å². The van der Waals surface area contributed by atoms with Crippen molar-refractivity contribution in [2.75, 3.05) is 25.5 Å².